The minimum Gasteiger partial charge on any atom is -0.268 e. The first-order valence-corrected chi connectivity index (χ1v) is 10.1. The number of hydrogen-bond donors (Lipinski definition) is 0. The van der Waals surface area contributed by atoms with E-state index in [1.54, 1.807) is 6.92 Å². The van der Waals surface area contributed by atoms with E-state index < -0.39 is 27.3 Å². The zero-order valence-electron chi connectivity index (χ0n) is 16.9. The highest BCUT2D eigenvalue weighted by Crippen LogP contribution is 2.33. The van der Waals surface area contributed by atoms with E-state index in [1.807, 2.05) is 0 Å². The summed E-state index contributed by atoms with van der Waals surface area (Å²) in [5, 5.41) is 5.44. The second-order valence-electron chi connectivity index (χ2n) is 6.69. The summed E-state index contributed by atoms with van der Waals surface area (Å²) in [7, 11) is -3.42. The molecule has 12 heteroatoms. The summed E-state index contributed by atoms with van der Waals surface area (Å²) in [5.41, 5.74) is -5.37. The van der Waals surface area contributed by atoms with Crippen molar-refractivity contribution < 1.29 is 34.8 Å². The van der Waals surface area contributed by atoms with Crippen LogP contribution in [0.1, 0.15) is 23.6 Å². The van der Waals surface area contributed by atoms with Crippen molar-refractivity contribution in [3.05, 3.63) is 59.2 Å². The maximum absolute atomic E-state index is 13.0. The molecule has 2 rings (SSSR count). The predicted octanol–water partition coefficient (Wildman–Crippen LogP) is 5.16. The first-order valence-electron chi connectivity index (χ1n) is 8.68. The van der Waals surface area contributed by atoms with Crippen LogP contribution < -0.4 is 9.31 Å². The minimum atomic E-state index is -5.64. The summed E-state index contributed by atoms with van der Waals surface area (Å²) in [6.07, 6.45) is -4.50. The molecule has 0 bridgehead atoms. The third-order valence-corrected chi connectivity index (χ3v) is 5.91. The lowest BCUT2D eigenvalue weighted by Gasteiger charge is -2.24. The van der Waals surface area contributed by atoms with Gasteiger partial charge in [-0.3, -0.25) is 9.31 Å². The third-order valence-electron chi connectivity index (χ3n) is 4.40. The normalized spacial score (nSPS) is 13.3. The molecule has 31 heavy (non-hydrogen) atoms. The van der Waals surface area contributed by atoms with Crippen molar-refractivity contribution in [2.75, 3.05) is 23.4 Å². The maximum atomic E-state index is 13.0. The molecular formula is C19H19F6N3O2S. The zero-order valence-corrected chi connectivity index (χ0v) is 17.7. The van der Waals surface area contributed by atoms with Crippen LogP contribution in [-0.4, -0.2) is 33.7 Å². The highest BCUT2D eigenvalue weighted by Gasteiger charge is 2.49. The summed E-state index contributed by atoms with van der Waals surface area (Å²) in [6, 6.07) is 8.28. The lowest BCUT2D eigenvalue weighted by atomic mass is 10.1. The van der Waals surface area contributed by atoms with Crippen molar-refractivity contribution in [3.8, 4) is 0 Å². The van der Waals surface area contributed by atoms with Gasteiger partial charge in [0.1, 0.15) is 0 Å². The standard InChI is InChI=1S/C19H19F6N3O2S/c1-12-5-10-17(28(4)31(29,30)19(23,24)25)16(11-12)13(2)26-27(3)15-8-6-14(7-9-15)18(20,21)22/h5-11H,1-4H3/b26-13+. The van der Waals surface area contributed by atoms with Crippen LogP contribution in [0.15, 0.2) is 47.6 Å². The Kier molecular flexibility index (Phi) is 6.64. The molecule has 0 aliphatic carbocycles. The molecule has 0 saturated carbocycles. The molecule has 2 aromatic rings. The largest absolute Gasteiger partial charge is 0.516 e. The monoisotopic (exact) mass is 467 g/mol. The van der Waals surface area contributed by atoms with E-state index in [0.717, 1.165) is 19.2 Å². The van der Waals surface area contributed by atoms with Crippen molar-refractivity contribution >= 4 is 27.1 Å². The Bertz CT molecular complexity index is 1080. The number of hydrogen-bond acceptors (Lipinski definition) is 4. The van der Waals surface area contributed by atoms with Crippen molar-refractivity contribution in [1.82, 2.24) is 0 Å². The molecule has 0 spiro atoms. The second kappa shape index (κ2) is 8.40. The van der Waals surface area contributed by atoms with Gasteiger partial charge in [-0.2, -0.15) is 39.9 Å². The Morgan fingerprint density at radius 3 is 1.97 bits per heavy atom. The highest BCUT2D eigenvalue weighted by molar-refractivity contribution is 7.93. The number of alkyl halides is 6. The number of sulfonamides is 1. The number of aryl methyl sites for hydroxylation is 1. The van der Waals surface area contributed by atoms with Crippen LogP contribution in [0, 0.1) is 6.92 Å². The van der Waals surface area contributed by atoms with E-state index >= 15 is 0 Å². The van der Waals surface area contributed by atoms with E-state index in [-0.39, 0.29) is 27.0 Å². The van der Waals surface area contributed by atoms with Gasteiger partial charge >= 0.3 is 21.7 Å². The third kappa shape index (κ3) is 5.30. The lowest BCUT2D eigenvalue weighted by Crippen LogP contribution is -2.38. The predicted molar refractivity (Wildman–Crippen MR) is 107 cm³/mol. The van der Waals surface area contributed by atoms with Crippen LogP contribution in [0.5, 0.6) is 0 Å². The van der Waals surface area contributed by atoms with Crippen molar-refractivity contribution in [1.29, 1.82) is 0 Å². The van der Waals surface area contributed by atoms with Gasteiger partial charge in [-0.15, -0.1) is 0 Å². The number of hydrazone groups is 1. The molecule has 0 N–H and O–H groups in total. The van der Waals surface area contributed by atoms with Crippen LogP contribution in [-0.2, 0) is 16.2 Å². The Hall–Kier alpha value is -2.76. The highest BCUT2D eigenvalue weighted by atomic mass is 32.2. The molecule has 0 atom stereocenters. The van der Waals surface area contributed by atoms with Gasteiger partial charge in [-0.25, -0.2) is 0 Å². The number of halogens is 6. The molecular weight excluding hydrogens is 448 g/mol. The topological polar surface area (TPSA) is 53.0 Å². The van der Waals surface area contributed by atoms with Crippen molar-refractivity contribution in [2.24, 2.45) is 5.10 Å². The van der Waals surface area contributed by atoms with E-state index in [4.69, 9.17) is 0 Å². The molecule has 0 aliphatic heterocycles. The first-order chi connectivity index (χ1) is 14.1. The number of benzene rings is 2. The average molecular weight is 467 g/mol. The van der Waals surface area contributed by atoms with E-state index in [9.17, 15) is 34.8 Å². The molecule has 5 nitrogen and oxygen atoms in total. The molecule has 170 valence electrons. The molecule has 0 unspecified atom stereocenters. The van der Waals surface area contributed by atoms with E-state index in [1.165, 1.54) is 49.3 Å². The first kappa shape index (κ1) is 24.5. The van der Waals surface area contributed by atoms with Crippen molar-refractivity contribution in [2.45, 2.75) is 25.5 Å². The van der Waals surface area contributed by atoms with Gasteiger partial charge in [0.25, 0.3) is 0 Å². The van der Waals surface area contributed by atoms with Crippen LogP contribution in [0.3, 0.4) is 0 Å². The summed E-state index contributed by atoms with van der Waals surface area (Å²) in [6.45, 7) is 3.12. The fraction of sp³-hybridized carbons (Fsp3) is 0.316. The fourth-order valence-corrected chi connectivity index (χ4v) is 3.43. The number of nitrogens with zero attached hydrogens (tertiary/aromatic N) is 3. The van der Waals surface area contributed by atoms with E-state index in [0.29, 0.717) is 5.56 Å². The second-order valence-corrected chi connectivity index (χ2v) is 8.65. The van der Waals surface area contributed by atoms with Crippen molar-refractivity contribution in [3.63, 3.8) is 0 Å². The molecule has 2 aromatic carbocycles. The molecule has 0 aliphatic rings. The quantitative estimate of drug-likeness (QED) is 0.347. The Morgan fingerprint density at radius 2 is 1.48 bits per heavy atom. The molecule has 0 amide bonds. The lowest BCUT2D eigenvalue weighted by molar-refractivity contribution is -0.137. The van der Waals surface area contributed by atoms with Gasteiger partial charge in [0, 0.05) is 19.7 Å². The number of anilines is 2. The summed E-state index contributed by atoms with van der Waals surface area (Å²) in [4.78, 5) is 0. The minimum absolute atomic E-state index is 0.120. The summed E-state index contributed by atoms with van der Waals surface area (Å²) < 4.78 is 101. The zero-order chi connectivity index (χ0) is 23.8. The van der Waals surface area contributed by atoms with Crippen LogP contribution in [0.25, 0.3) is 0 Å². The van der Waals surface area contributed by atoms with Gasteiger partial charge in [0.2, 0.25) is 0 Å². The number of rotatable bonds is 5. The average Bonchev–Trinajstić information content (AvgIpc) is 2.65. The Morgan fingerprint density at radius 1 is 0.935 bits per heavy atom. The maximum Gasteiger partial charge on any atom is 0.516 e. The molecule has 0 radical (unpaired) electrons. The molecule has 0 aromatic heterocycles. The van der Waals surface area contributed by atoms with Gasteiger partial charge < -0.3 is 0 Å². The van der Waals surface area contributed by atoms with Gasteiger partial charge in [-0.05, 0) is 50.2 Å². The molecule has 0 heterocycles. The fourth-order valence-electron chi connectivity index (χ4n) is 2.70. The van der Waals surface area contributed by atoms with Gasteiger partial charge in [0.15, 0.2) is 0 Å². The molecule has 0 fully saturated rings. The van der Waals surface area contributed by atoms with Gasteiger partial charge in [-0.1, -0.05) is 11.6 Å². The SMILES string of the molecule is C/C(=N\N(C)c1ccc(C(F)(F)F)cc1)c1cc(C)ccc1N(C)S(=O)(=O)C(F)(F)F. The summed E-state index contributed by atoms with van der Waals surface area (Å²) in [5.74, 6) is 0. The van der Waals surface area contributed by atoms with Crippen LogP contribution >= 0.6 is 0 Å². The molecule has 0 saturated heterocycles. The Balaban J connectivity index is 2.46. The van der Waals surface area contributed by atoms with Gasteiger partial charge in [0.05, 0.1) is 22.6 Å². The van der Waals surface area contributed by atoms with Crippen LogP contribution in [0.2, 0.25) is 0 Å². The van der Waals surface area contributed by atoms with E-state index in [2.05, 4.69) is 5.10 Å². The summed E-state index contributed by atoms with van der Waals surface area (Å²) >= 11 is 0. The van der Waals surface area contributed by atoms with Crippen LogP contribution in [0.4, 0.5) is 37.7 Å². The smallest absolute Gasteiger partial charge is 0.268 e. The Labute approximate surface area is 175 Å².